The van der Waals surface area contributed by atoms with Gasteiger partial charge in [0.05, 0.1) is 5.60 Å². The highest BCUT2D eigenvalue weighted by molar-refractivity contribution is 5.14. The Morgan fingerprint density at radius 3 is 2.39 bits per heavy atom. The molecule has 1 N–H and O–H groups in total. The van der Waals surface area contributed by atoms with Gasteiger partial charge in [-0.15, -0.1) is 0 Å². The van der Waals surface area contributed by atoms with E-state index < -0.39 is 5.60 Å². The maximum absolute atomic E-state index is 10.5. The monoisotopic (exact) mass is 319 g/mol. The van der Waals surface area contributed by atoms with Gasteiger partial charge in [-0.2, -0.15) is 0 Å². The highest BCUT2D eigenvalue weighted by Gasteiger charge is 2.61. The van der Waals surface area contributed by atoms with Crippen molar-refractivity contribution in [3.05, 3.63) is 11.4 Å². The zero-order chi connectivity index (χ0) is 17.5. The Morgan fingerprint density at radius 1 is 1.17 bits per heavy atom. The molecule has 2 aliphatic carbocycles. The molecular formula is C21H37NO. The van der Waals surface area contributed by atoms with Crippen molar-refractivity contribution in [2.24, 2.45) is 22.7 Å². The Bertz CT molecular complexity index is 475. The number of rotatable bonds is 4. The zero-order valence-electron chi connectivity index (χ0n) is 16.2. The SMILES string of the molecule is [C-]#[N+][C@@]1(C)CC[C@H]2C(C)(C)CCC[C@]2(C)[C@H]1CC[C@@](C)(O)CC. The van der Waals surface area contributed by atoms with Gasteiger partial charge in [-0.1, -0.05) is 34.1 Å². The highest BCUT2D eigenvalue weighted by atomic mass is 16.3. The van der Waals surface area contributed by atoms with E-state index in [1.807, 2.05) is 6.92 Å². The number of hydrogen-bond donors (Lipinski definition) is 1. The lowest BCUT2D eigenvalue weighted by Gasteiger charge is -2.59. The van der Waals surface area contributed by atoms with Crippen LogP contribution in [-0.2, 0) is 0 Å². The fourth-order valence-corrected chi connectivity index (χ4v) is 6.03. The van der Waals surface area contributed by atoms with Crippen molar-refractivity contribution < 1.29 is 5.11 Å². The summed E-state index contributed by atoms with van der Waals surface area (Å²) in [5.74, 6) is 1.12. The van der Waals surface area contributed by atoms with Crippen LogP contribution in [0.15, 0.2) is 0 Å². The quantitative estimate of drug-likeness (QED) is 0.646. The molecule has 0 aromatic heterocycles. The summed E-state index contributed by atoms with van der Waals surface area (Å²) in [5, 5.41) is 10.5. The van der Waals surface area contributed by atoms with Crippen molar-refractivity contribution >= 4 is 0 Å². The second-order valence-electron chi connectivity index (χ2n) is 9.85. The lowest BCUT2D eigenvalue weighted by Crippen LogP contribution is -2.56. The van der Waals surface area contributed by atoms with Crippen LogP contribution >= 0.6 is 0 Å². The summed E-state index contributed by atoms with van der Waals surface area (Å²) in [7, 11) is 0. The van der Waals surface area contributed by atoms with Gasteiger partial charge in [0.15, 0.2) is 0 Å². The van der Waals surface area contributed by atoms with E-state index in [1.165, 1.54) is 25.7 Å². The van der Waals surface area contributed by atoms with E-state index in [1.54, 1.807) is 0 Å². The van der Waals surface area contributed by atoms with Crippen LogP contribution in [0.25, 0.3) is 4.85 Å². The Kier molecular flexibility index (Phi) is 4.96. The van der Waals surface area contributed by atoms with Crippen LogP contribution in [0.5, 0.6) is 0 Å². The Balaban J connectivity index is 2.33. The molecule has 0 spiro atoms. The van der Waals surface area contributed by atoms with E-state index in [0.717, 1.165) is 31.6 Å². The Hall–Kier alpha value is -0.550. The van der Waals surface area contributed by atoms with Gasteiger partial charge in [-0.25, -0.2) is 6.57 Å². The maximum Gasteiger partial charge on any atom is 0.233 e. The number of nitrogens with zero attached hydrogens (tertiary/aromatic N) is 1. The molecule has 2 nitrogen and oxygen atoms in total. The van der Waals surface area contributed by atoms with E-state index >= 15 is 0 Å². The minimum absolute atomic E-state index is 0.248. The molecule has 2 fully saturated rings. The van der Waals surface area contributed by atoms with Crippen molar-refractivity contribution in [2.45, 2.75) is 104 Å². The molecule has 0 bridgehead atoms. The van der Waals surface area contributed by atoms with Gasteiger partial charge in [0, 0.05) is 19.3 Å². The summed E-state index contributed by atoms with van der Waals surface area (Å²) >= 11 is 0. The summed E-state index contributed by atoms with van der Waals surface area (Å²) < 4.78 is 0. The van der Waals surface area contributed by atoms with Crippen molar-refractivity contribution in [1.29, 1.82) is 0 Å². The minimum Gasteiger partial charge on any atom is -0.390 e. The first-order chi connectivity index (χ1) is 10.5. The van der Waals surface area contributed by atoms with Crippen LogP contribution in [0, 0.1) is 29.2 Å². The van der Waals surface area contributed by atoms with E-state index in [4.69, 9.17) is 6.57 Å². The first-order valence-electron chi connectivity index (χ1n) is 9.62. The molecule has 132 valence electrons. The molecule has 0 aliphatic heterocycles. The number of fused-ring (bicyclic) bond motifs is 1. The van der Waals surface area contributed by atoms with E-state index in [0.29, 0.717) is 11.3 Å². The van der Waals surface area contributed by atoms with Crippen LogP contribution < -0.4 is 0 Å². The first-order valence-corrected chi connectivity index (χ1v) is 9.62. The third-order valence-electron chi connectivity index (χ3n) is 7.75. The Morgan fingerprint density at radius 2 is 1.83 bits per heavy atom. The summed E-state index contributed by atoms with van der Waals surface area (Å²) in [6, 6.07) is 0. The van der Waals surface area contributed by atoms with Gasteiger partial charge in [-0.3, -0.25) is 0 Å². The standard InChI is InChI=1S/C21H37NO/c1-8-19(4,23)14-10-17-20(5)13-9-12-18(2,3)16(20)11-15-21(17,6)22-7/h16-17,23H,8-15H2,1-6H3/t16-,17+,19-,20-,21-/m0/s1. The number of hydrogen-bond acceptors (Lipinski definition) is 1. The predicted molar refractivity (Wildman–Crippen MR) is 97.1 cm³/mol. The average molecular weight is 320 g/mol. The third-order valence-corrected chi connectivity index (χ3v) is 7.75. The first kappa shape index (κ1) is 18.8. The molecular weight excluding hydrogens is 282 g/mol. The zero-order valence-corrected chi connectivity index (χ0v) is 16.2. The Labute approximate surface area is 143 Å². The van der Waals surface area contributed by atoms with Gasteiger partial charge in [-0.05, 0) is 62.2 Å². The van der Waals surface area contributed by atoms with Crippen molar-refractivity contribution in [3.8, 4) is 0 Å². The molecule has 2 saturated carbocycles. The molecule has 0 saturated heterocycles. The number of aliphatic hydroxyl groups is 1. The van der Waals surface area contributed by atoms with Crippen LogP contribution in [0.3, 0.4) is 0 Å². The average Bonchev–Trinajstić information content (AvgIpc) is 2.45. The van der Waals surface area contributed by atoms with Crippen LogP contribution in [0.2, 0.25) is 0 Å². The molecule has 0 aromatic carbocycles. The summed E-state index contributed by atoms with van der Waals surface area (Å²) in [5.41, 5.74) is -0.191. The predicted octanol–water partition coefficient (Wildman–Crippen LogP) is 5.85. The van der Waals surface area contributed by atoms with E-state index in [9.17, 15) is 5.11 Å². The largest absolute Gasteiger partial charge is 0.390 e. The topological polar surface area (TPSA) is 24.6 Å². The molecule has 0 radical (unpaired) electrons. The van der Waals surface area contributed by atoms with Crippen molar-refractivity contribution in [1.82, 2.24) is 0 Å². The fraction of sp³-hybridized carbons (Fsp3) is 0.952. The van der Waals surface area contributed by atoms with E-state index in [-0.39, 0.29) is 11.0 Å². The lowest BCUT2D eigenvalue weighted by atomic mass is 9.44. The van der Waals surface area contributed by atoms with Gasteiger partial charge < -0.3 is 9.95 Å². The fourth-order valence-electron chi connectivity index (χ4n) is 6.03. The molecule has 0 heterocycles. The van der Waals surface area contributed by atoms with Gasteiger partial charge in [0.1, 0.15) is 0 Å². The molecule has 0 aromatic rings. The molecule has 23 heavy (non-hydrogen) atoms. The molecule has 2 rings (SSSR count). The lowest BCUT2D eigenvalue weighted by molar-refractivity contribution is -0.102. The normalized spacial score (nSPS) is 42.3. The smallest absolute Gasteiger partial charge is 0.233 e. The second kappa shape index (κ2) is 6.07. The summed E-state index contributed by atoms with van der Waals surface area (Å²) in [6.07, 6.45) is 8.69. The molecule has 0 amide bonds. The molecule has 2 aliphatic rings. The minimum atomic E-state index is -0.587. The van der Waals surface area contributed by atoms with Gasteiger partial charge >= 0.3 is 0 Å². The maximum atomic E-state index is 10.5. The third kappa shape index (κ3) is 3.32. The summed E-state index contributed by atoms with van der Waals surface area (Å²) in [4.78, 5) is 4.14. The second-order valence-corrected chi connectivity index (χ2v) is 9.85. The molecule has 2 heteroatoms. The molecule has 0 unspecified atom stereocenters. The molecule has 5 atom stereocenters. The van der Waals surface area contributed by atoms with Gasteiger partial charge in [0.25, 0.3) is 0 Å². The van der Waals surface area contributed by atoms with Crippen LogP contribution in [0.4, 0.5) is 0 Å². The van der Waals surface area contributed by atoms with Crippen molar-refractivity contribution in [2.75, 3.05) is 0 Å². The highest BCUT2D eigenvalue weighted by Crippen LogP contribution is 2.63. The summed E-state index contributed by atoms with van der Waals surface area (Å²) in [6.45, 7) is 21.4. The van der Waals surface area contributed by atoms with Crippen LogP contribution in [-0.4, -0.2) is 16.2 Å². The van der Waals surface area contributed by atoms with Crippen molar-refractivity contribution in [3.63, 3.8) is 0 Å². The van der Waals surface area contributed by atoms with E-state index in [2.05, 4.69) is 39.5 Å². The van der Waals surface area contributed by atoms with Gasteiger partial charge in [0.2, 0.25) is 5.54 Å². The van der Waals surface area contributed by atoms with Crippen LogP contribution in [0.1, 0.15) is 92.9 Å².